The fourth-order valence-electron chi connectivity index (χ4n) is 1.94. The maximum Gasteiger partial charge on any atom is 0.186 e. The van der Waals surface area contributed by atoms with Crippen molar-refractivity contribution >= 4 is 5.78 Å². The fourth-order valence-corrected chi connectivity index (χ4v) is 1.94. The van der Waals surface area contributed by atoms with Crippen LogP contribution in [0.4, 0.5) is 0 Å². The average molecular weight is 235 g/mol. The highest BCUT2D eigenvalue weighted by Gasteiger charge is 2.30. The van der Waals surface area contributed by atoms with E-state index in [-0.39, 0.29) is 5.78 Å². The molecule has 0 aliphatic rings. The first-order valence-electron chi connectivity index (χ1n) is 5.90. The van der Waals surface area contributed by atoms with E-state index >= 15 is 0 Å². The minimum Gasteiger partial charge on any atom is -0.496 e. The van der Waals surface area contributed by atoms with E-state index in [1.165, 1.54) is 0 Å². The molecular weight excluding hydrogens is 214 g/mol. The molecular formula is C14H21NO2. The van der Waals surface area contributed by atoms with Crippen LogP contribution in [0.25, 0.3) is 0 Å². The van der Waals surface area contributed by atoms with Crippen molar-refractivity contribution in [2.75, 3.05) is 7.11 Å². The van der Waals surface area contributed by atoms with E-state index in [0.717, 1.165) is 12.0 Å². The van der Waals surface area contributed by atoms with Crippen LogP contribution >= 0.6 is 0 Å². The van der Waals surface area contributed by atoms with E-state index in [0.29, 0.717) is 17.7 Å². The van der Waals surface area contributed by atoms with Gasteiger partial charge in [-0.25, -0.2) is 0 Å². The summed E-state index contributed by atoms with van der Waals surface area (Å²) in [4.78, 5) is 12.4. The van der Waals surface area contributed by atoms with Crippen molar-refractivity contribution in [2.24, 2.45) is 5.73 Å². The fraction of sp³-hybridized carbons (Fsp3) is 0.500. The third kappa shape index (κ3) is 3.07. The van der Waals surface area contributed by atoms with Crippen LogP contribution in [0, 0.1) is 6.92 Å². The lowest BCUT2D eigenvalue weighted by Crippen LogP contribution is -2.44. The summed E-state index contributed by atoms with van der Waals surface area (Å²) in [5.74, 6) is 0.535. The van der Waals surface area contributed by atoms with Crippen molar-refractivity contribution in [3.05, 3.63) is 29.3 Å². The van der Waals surface area contributed by atoms with Gasteiger partial charge in [0.1, 0.15) is 5.75 Å². The normalized spacial score (nSPS) is 14.2. The second-order valence-corrected chi connectivity index (χ2v) is 4.70. The molecule has 0 aliphatic heterocycles. The molecule has 2 N–H and O–H groups in total. The molecule has 0 radical (unpaired) electrons. The summed E-state index contributed by atoms with van der Waals surface area (Å²) in [6.45, 7) is 5.75. The van der Waals surface area contributed by atoms with Crippen molar-refractivity contribution in [1.82, 2.24) is 0 Å². The van der Waals surface area contributed by atoms with Crippen LogP contribution < -0.4 is 10.5 Å². The van der Waals surface area contributed by atoms with Crippen molar-refractivity contribution in [1.29, 1.82) is 0 Å². The molecule has 0 heterocycles. The zero-order valence-electron chi connectivity index (χ0n) is 11.0. The maximum atomic E-state index is 12.4. The van der Waals surface area contributed by atoms with Crippen molar-refractivity contribution in [3.8, 4) is 5.75 Å². The molecule has 0 saturated carbocycles. The molecule has 1 unspecified atom stereocenters. The zero-order chi connectivity index (χ0) is 13.1. The average Bonchev–Trinajstić information content (AvgIpc) is 2.28. The molecule has 3 heteroatoms. The molecule has 0 aromatic heterocycles. The smallest absolute Gasteiger partial charge is 0.186 e. The summed E-state index contributed by atoms with van der Waals surface area (Å²) >= 11 is 0. The molecule has 17 heavy (non-hydrogen) atoms. The van der Waals surface area contributed by atoms with Gasteiger partial charge in [-0.1, -0.05) is 25.0 Å². The van der Waals surface area contributed by atoms with Gasteiger partial charge in [0.05, 0.1) is 18.2 Å². The number of hydrogen-bond donors (Lipinski definition) is 1. The van der Waals surface area contributed by atoms with E-state index in [2.05, 4.69) is 0 Å². The third-order valence-corrected chi connectivity index (χ3v) is 2.89. The molecule has 1 rings (SSSR count). The second kappa shape index (κ2) is 5.32. The second-order valence-electron chi connectivity index (χ2n) is 4.70. The Morgan fingerprint density at radius 1 is 1.47 bits per heavy atom. The maximum absolute atomic E-state index is 12.4. The molecule has 1 aromatic rings. The number of carbonyl (C=O) groups excluding carboxylic acids is 1. The molecule has 0 amide bonds. The van der Waals surface area contributed by atoms with Crippen LogP contribution in [0.1, 0.15) is 42.6 Å². The van der Waals surface area contributed by atoms with Gasteiger partial charge in [0.25, 0.3) is 0 Å². The highest BCUT2D eigenvalue weighted by Crippen LogP contribution is 2.25. The molecule has 0 saturated heterocycles. The van der Waals surface area contributed by atoms with Crippen LogP contribution in [0.3, 0.4) is 0 Å². The van der Waals surface area contributed by atoms with Gasteiger partial charge in [0, 0.05) is 0 Å². The monoisotopic (exact) mass is 235 g/mol. The highest BCUT2D eigenvalue weighted by atomic mass is 16.5. The van der Waals surface area contributed by atoms with E-state index in [1.807, 2.05) is 32.0 Å². The van der Waals surface area contributed by atoms with Gasteiger partial charge in [-0.15, -0.1) is 0 Å². The van der Waals surface area contributed by atoms with Crippen LogP contribution in [0.15, 0.2) is 18.2 Å². The lowest BCUT2D eigenvalue weighted by molar-refractivity contribution is 0.0890. The quantitative estimate of drug-likeness (QED) is 0.798. The van der Waals surface area contributed by atoms with Crippen molar-refractivity contribution in [2.45, 2.75) is 39.2 Å². The van der Waals surface area contributed by atoms with Crippen LogP contribution in [-0.4, -0.2) is 18.4 Å². The summed E-state index contributed by atoms with van der Waals surface area (Å²) in [5.41, 5.74) is 6.85. The van der Waals surface area contributed by atoms with Crippen molar-refractivity contribution in [3.63, 3.8) is 0 Å². The van der Waals surface area contributed by atoms with Gasteiger partial charge in [0.2, 0.25) is 0 Å². The lowest BCUT2D eigenvalue weighted by Gasteiger charge is -2.23. The number of hydrogen-bond acceptors (Lipinski definition) is 3. The van der Waals surface area contributed by atoms with E-state index in [4.69, 9.17) is 10.5 Å². The largest absolute Gasteiger partial charge is 0.496 e. The number of ketones is 1. The summed E-state index contributed by atoms with van der Waals surface area (Å²) in [5, 5.41) is 0. The number of Topliss-reactive ketones (excluding diaryl/α,β-unsaturated/α-hetero) is 1. The van der Waals surface area contributed by atoms with Gasteiger partial charge in [-0.3, -0.25) is 4.79 Å². The summed E-state index contributed by atoms with van der Waals surface area (Å²) in [6, 6.07) is 5.57. The molecule has 0 fully saturated rings. The Kier molecular flexibility index (Phi) is 4.29. The third-order valence-electron chi connectivity index (χ3n) is 2.89. The zero-order valence-corrected chi connectivity index (χ0v) is 11.0. The minimum absolute atomic E-state index is 0.0556. The van der Waals surface area contributed by atoms with Gasteiger partial charge >= 0.3 is 0 Å². The molecule has 0 aliphatic carbocycles. The molecule has 1 aromatic carbocycles. The summed E-state index contributed by atoms with van der Waals surface area (Å²) < 4.78 is 5.22. The predicted molar refractivity (Wildman–Crippen MR) is 69.6 cm³/mol. The number of nitrogens with two attached hydrogens (primary N) is 1. The molecule has 3 nitrogen and oxygen atoms in total. The Balaban J connectivity index is 3.15. The molecule has 1 atom stereocenters. The number of methoxy groups -OCH3 is 1. The van der Waals surface area contributed by atoms with Crippen LogP contribution in [-0.2, 0) is 0 Å². The number of carbonyl (C=O) groups is 1. The van der Waals surface area contributed by atoms with E-state index < -0.39 is 5.54 Å². The van der Waals surface area contributed by atoms with E-state index in [9.17, 15) is 4.79 Å². The highest BCUT2D eigenvalue weighted by molar-refractivity contribution is 6.05. The Labute approximate surface area is 103 Å². The Morgan fingerprint density at radius 2 is 2.12 bits per heavy atom. The van der Waals surface area contributed by atoms with Gasteiger partial charge in [-0.05, 0) is 32.4 Å². The minimum atomic E-state index is -0.824. The Hall–Kier alpha value is -1.35. The van der Waals surface area contributed by atoms with Crippen LogP contribution in [0.2, 0.25) is 0 Å². The standard InChI is InChI=1S/C14H21NO2/c1-5-8-14(3,15)13(16)11-9-10(2)6-7-12(11)17-4/h6-7,9H,5,8,15H2,1-4H3. The van der Waals surface area contributed by atoms with Crippen LogP contribution in [0.5, 0.6) is 5.75 Å². The van der Waals surface area contributed by atoms with Gasteiger partial charge < -0.3 is 10.5 Å². The van der Waals surface area contributed by atoms with Crippen molar-refractivity contribution < 1.29 is 9.53 Å². The van der Waals surface area contributed by atoms with E-state index in [1.54, 1.807) is 14.0 Å². The molecule has 0 bridgehead atoms. The summed E-state index contributed by atoms with van der Waals surface area (Å²) in [7, 11) is 1.56. The first kappa shape index (κ1) is 13.7. The Bertz CT molecular complexity index is 411. The number of benzene rings is 1. The first-order valence-corrected chi connectivity index (χ1v) is 5.90. The molecule has 0 spiro atoms. The number of ether oxygens (including phenoxy) is 1. The van der Waals surface area contributed by atoms with Gasteiger partial charge in [-0.2, -0.15) is 0 Å². The predicted octanol–water partition coefficient (Wildman–Crippen LogP) is 2.70. The number of aryl methyl sites for hydroxylation is 1. The van der Waals surface area contributed by atoms with Gasteiger partial charge in [0.15, 0.2) is 5.78 Å². The topological polar surface area (TPSA) is 52.3 Å². The summed E-state index contributed by atoms with van der Waals surface area (Å²) in [6.07, 6.45) is 1.55. The Morgan fingerprint density at radius 3 is 2.65 bits per heavy atom. The number of rotatable bonds is 5. The lowest BCUT2D eigenvalue weighted by atomic mass is 9.87. The SMILES string of the molecule is CCCC(C)(N)C(=O)c1cc(C)ccc1OC. The molecule has 94 valence electrons. The first-order chi connectivity index (χ1) is 7.92.